The Morgan fingerprint density at radius 1 is 1.53 bits per heavy atom. The van der Waals surface area contributed by atoms with Gasteiger partial charge in [0.25, 0.3) is 0 Å². The average Bonchev–Trinajstić information content (AvgIpc) is 2.36. The van der Waals surface area contributed by atoms with Crippen LogP contribution in [-0.2, 0) is 11.2 Å². The molecule has 1 aromatic rings. The predicted molar refractivity (Wildman–Crippen MR) is 77.1 cm³/mol. The van der Waals surface area contributed by atoms with Crippen molar-refractivity contribution in [1.29, 1.82) is 0 Å². The monoisotopic (exact) mass is 330 g/mol. The fraction of sp³-hybridized carbons (Fsp3) is 0.571. The number of hydrogen-bond donors (Lipinski definition) is 2. The molecule has 0 spiro atoms. The molecule has 1 unspecified atom stereocenters. The van der Waals surface area contributed by atoms with Gasteiger partial charge >= 0.3 is 0 Å². The Labute approximate surface area is 121 Å². The Balaban J connectivity index is 2.04. The van der Waals surface area contributed by atoms with Gasteiger partial charge in [0.05, 0.1) is 5.60 Å². The Kier molecular flexibility index (Phi) is 4.95. The van der Waals surface area contributed by atoms with Crippen molar-refractivity contribution in [3.63, 3.8) is 0 Å². The second-order valence-electron chi connectivity index (χ2n) is 5.25. The Bertz CT molecular complexity index is 432. The summed E-state index contributed by atoms with van der Waals surface area (Å²) in [7, 11) is 1.74. The highest BCUT2D eigenvalue weighted by molar-refractivity contribution is 9.10. The first-order valence-corrected chi connectivity index (χ1v) is 7.33. The third kappa shape index (κ3) is 3.54. The molecule has 0 saturated heterocycles. The highest BCUT2D eigenvalue weighted by Crippen LogP contribution is 2.39. The third-order valence-corrected chi connectivity index (χ3v) is 4.52. The molecule has 1 fully saturated rings. The van der Waals surface area contributed by atoms with E-state index in [0.29, 0.717) is 12.0 Å². The molecule has 0 radical (unpaired) electrons. The summed E-state index contributed by atoms with van der Waals surface area (Å²) in [6.45, 7) is 0. The smallest absolute Gasteiger partial charge is 0.126 e. The van der Waals surface area contributed by atoms with Crippen molar-refractivity contribution in [2.24, 2.45) is 5.84 Å². The number of rotatable bonds is 6. The first-order chi connectivity index (χ1) is 9.08. The number of hydrazine groups is 1. The molecule has 1 saturated carbocycles. The minimum atomic E-state index is -0.191. The summed E-state index contributed by atoms with van der Waals surface area (Å²) in [6, 6.07) is 5.00. The molecule has 0 bridgehead atoms. The van der Waals surface area contributed by atoms with Gasteiger partial charge in [-0.2, -0.15) is 0 Å². The molecule has 1 atom stereocenters. The molecule has 19 heavy (non-hydrogen) atoms. The zero-order valence-electron chi connectivity index (χ0n) is 11.1. The summed E-state index contributed by atoms with van der Waals surface area (Å²) in [5.41, 5.74) is 3.39. The molecule has 0 aromatic heterocycles. The summed E-state index contributed by atoms with van der Waals surface area (Å²) in [4.78, 5) is 0. The summed E-state index contributed by atoms with van der Waals surface area (Å²) in [6.07, 6.45) is 4.68. The van der Waals surface area contributed by atoms with E-state index in [-0.39, 0.29) is 17.5 Å². The Hall–Kier alpha value is -0.490. The Morgan fingerprint density at radius 3 is 2.79 bits per heavy atom. The molecular weight excluding hydrogens is 311 g/mol. The van der Waals surface area contributed by atoms with Crippen molar-refractivity contribution < 1.29 is 9.13 Å². The molecule has 0 aliphatic heterocycles. The number of halogens is 2. The van der Waals surface area contributed by atoms with Crippen LogP contribution in [0.2, 0.25) is 0 Å². The van der Waals surface area contributed by atoms with E-state index in [1.54, 1.807) is 19.2 Å². The number of nitrogens with one attached hydrogen (secondary N) is 1. The lowest BCUT2D eigenvalue weighted by Gasteiger charge is -2.42. The number of benzene rings is 1. The van der Waals surface area contributed by atoms with Gasteiger partial charge in [-0.25, -0.2) is 4.39 Å². The van der Waals surface area contributed by atoms with Crippen LogP contribution >= 0.6 is 15.9 Å². The molecule has 1 aromatic carbocycles. The summed E-state index contributed by atoms with van der Waals surface area (Å²) in [5.74, 6) is 5.42. The molecule has 106 valence electrons. The molecule has 3 N–H and O–H groups in total. The Morgan fingerprint density at radius 2 is 2.26 bits per heavy atom. The minimum absolute atomic E-state index is 0.0176. The molecule has 0 amide bonds. The minimum Gasteiger partial charge on any atom is -0.378 e. The maximum atomic E-state index is 13.8. The fourth-order valence-corrected chi connectivity index (χ4v) is 3.08. The number of hydrogen-bond acceptors (Lipinski definition) is 3. The highest BCUT2D eigenvalue weighted by Gasteiger charge is 2.38. The van der Waals surface area contributed by atoms with Crippen LogP contribution in [0.15, 0.2) is 22.7 Å². The van der Waals surface area contributed by atoms with Gasteiger partial charge in [0.15, 0.2) is 0 Å². The van der Waals surface area contributed by atoms with Crippen LogP contribution in [0.3, 0.4) is 0 Å². The van der Waals surface area contributed by atoms with Crippen LogP contribution in [0, 0.1) is 5.82 Å². The number of ether oxygens (including phenoxy) is 1. The van der Waals surface area contributed by atoms with E-state index < -0.39 is 0 Å². The maximum Gasteiger partial charge on any atom is 0.126 e. The highest BCUT2D eigenvalue weighted by atomic mass is 79.9. The molecule has 1 aliphatic carbocycles. The van der Waals surface area contributed by atoms with Gasteiger partial charge in [-0.05, 0) is 55.9 Å². The van der Waals surface area contributed by atoms with E-state index in [1.807, 2.05) is 0 Å². The van der Waals surface area contributed by atoms with Crippen molar-refractivity contribution in [2.75, 3.05) is 7.11 Å². The van der Waals surface area contributed by atoms with Crippen LogP contribution in [0.5, 0.6) is 0 Å². The van der Waals surface area contributed by atoms with Crippen molar-refractivity contribution >= 4 is 15.9 Å². The lowest BCUT2D eigenvalue weighted by Crippen LogP contribution is -2.48. The van der Waals surface area contributed by atoms with Gasteiger partial charge in [-0.3, -0.25) is 11.3 Å². The fourth-order valence-electron chi connectivity index (χ4n) is 2.67. The van der Waals surface area contributed by atoms with E-state index in [4.69, 9.17) is 10.6 Å². The SMILES string of the molecule is COC1(CC(Cc2cc(Br)ccc2F)NN)CCC1. The molecule has 3 nitrogen and oxygen atoms in total. The molecule has 0 heterocycles. The number of methoxy groups -OCH3 is 1. The lowest BCUT2D eigenvalue weighted by atomic mass is 9.75. The van der Waals surface area contributed by atoms with Crippen LogP contribution in [0.1, 0.15) is 31.2 Å². The first-order valence-electron chi connectivity index (χ1n) is 6.54. The maximum absolute atomic E-state index is 13.8. The van der Waals surface area contributed by atoms with Crippen molar-refractivity contribution in [2.45, 2.75) is 43.7 Å². The van der Waals surface area contributed by atoms with Crippen LogP contribution in [0.25, 0.3) is 0 Å². The van der Waals surface area contributed by atoms with Gasteiger partial charge in [0, 0.05) is 17.6 Å². The average molecular weight is 331 g/mol. The normalized spacial score (nSPS) is 18.9. The molecular formula is C14H20BrFN2O. The zero-order valence-corrected chi connectivity index (χ0v) is 12.7. The molecule has 2 rings (SSSR count). The summed E-state index contributed by atoms with van der Waals surface area (Å²) >= 11 is 3.37. The molecule has 5 heteroatoms. The molecule has 1 aliphatic rings. The first kappa shape index (κ1) is 14.9. The third-order valence-electron chi connectivity index (χ3n) is 4.03. The largest absolute Gasteiger partial charge is 0.378 e. The standard InChI is InChI=1S/C14H20BrFN2O/c1-19-14(5-2-6-14)9-12(18-17)8-10-7-11(15)3-4-13(10)16/h3-4,7,12,18H,2,5-6,8-9,17H2,1H3. The number of nitrogens with two attached hydrogens (primary N) is 1. The van der Waals surface area contributed by atoms with E-state index in [1.165, 1.54) is 12.5 Å². The van der Waals surface area contributed by atoms with Gasteiger partial charge in [0.2, 0.25) is 0 Å². The zero-order chi connectivity index (χ0) is 13.9. The van der Waals surface area contributed by atoms with E-state index in [9.17, 15) is 4.39 Å². The van der Waals surface area contributed by atoms with E-state index in [0.717, 1.165) is 23.7 Å². The van der Waals surface area contributed by atoms with Gasteiger partial charge in [0.1, 0.15) is 5.82 Å². The van der Waals surface area contributed by atoms with Crippen LogP contribution in [-0.4, -0.2) is 18.8 Å². The van der Waals surface area contributed by atoms with Crippen molar-refractivity contribution in [1.82, 2.24) is 5.43 Å². The van der Waals surface area contributed by atoms with Gasteiger partial charge < -0.3 is 4.74 Å². The topological polar surface area (TPSA) is 47.3 Å². The van der Waals surface area contributed by atoms with Gasteiger partial charge in [-0.15, -0.1) is 0 Å². The lowest BCUT2D eigenvalue weighted by molar-refractivity contribution is -0.0834. The van der Waals surface area contributed by atoms with E-state index >= 15 is 0 Å². The second-order valence-corrected chi connectivity index (χ2v) is 6.16. The van der Waals surface area contributed by atoms with Crippen molar-refractivity contribution in [3.05, 3.63) is 34.1 Å². The van der Waals surface area contributed by atoms with Crippen LogP contribution < -0.4 is 11.3 Å². The van der Waals surface area contributed by atoms with Gasteiger partial charge in [-0.1, -0.05) is 15.9 Å². The van der Waals surface area contributed by atoms with Crippen LogP contribution in [0.4, 0.5) is 4.39 Å². The van der Waals surface area contributed by atoms with E-state index in [2.05, 4.69) is 21.4 Å². The summed E-state index contributed by atoms with van der Waals surface area (Å²) in [5, 5.41) is 0. The second kappa shape index (κ2) is 6.31. The van der Waals surface area contributed by atoms with Crippen molar-refractivity contribution in [3.8, 4) is 0 Å². The quantitative estimate of drug-likeness (QED) is 0.622. The predicted octanol–water partition coefficient (Wildman–Crippen LogP) is 2.92. The summed E-state index contributed by atoms with van der Waals surface area (Å²) < 4.78 is 20.2.